The van der Waals surface area contributed by atoms with Gasteiger partial charge in [0.15, 0.2) is 0 Å². The van der Waals surface area contributed by atoms with E-state index in [-0.39, 0.29) is 19.1 Å². The number of benzene rings is 1. The Kier molecular flexibility index (Phi) is 5.62. The summed E-state index contributed by atoms with van der Waals surface area (Å²) < 4.78 is 4.79. The van der Waals surface area contributed by atoms with Crippen LogP contribution in [0.5, 0.6) is 0 Å². The summed E-state index contributed by atoms with van der Waals surface area (Å²) in [5.74, 6) is -0.249. The summed E-state index contributed by atoms with van der Waals surface area (Å²) in [6.45, 7) is 0.581. The number of nitrogens with two attached hydrogens (primary N) is 1. The Bertz CT molecular complexity index is 369. The monoisotopic (exact) mass is 238 g/mol. The molecule has 0 saturated heterocycles. The Morgan fingerprint density at radius 1 is 1.53 bits per heavy atom. The van der Waals surface area contributed by atoms with Crippen molar-refractivity contribution in [1.82, 2.24) is 5.32 Å². The summed E-state index contributed by atoms with van der Waals surface area (Å²) >= 11 is 0. The van der Waals surface area contributed by atoms with Crippen molar-refractivity contribution in [1.29, 1.82) is 0 Å². The number of methoxy groups -OCH3 is 1. The minimum absolute atomic E-state index is 0.00895. The molecule has 0 spiro atoms. The van der Waals surface area contributed by atoms with Crippen LogP contribution < -0.4 is 11.1 Å². The van der Waals surface area contributed by atoms with Gasteiger partial charge in [-0.15, -0.1) is 0 Å². The number of rotatable bonds is 6. The molecular weight excluding hydrogens is 220 g/mol. The molecule has 1 atom stereocenters. The first kappa shape index (κ1) is 13.6. The highest BCUT2D eigenvalue weighted by Gasteiger charge is 2.12. The van der Waals surface area contributed by atoms with Crippen LogP contribution in [0.3, 0.4) is 0 Å². The molecule has 0 aliphatic carbocycles. The summed E-state index contributed by atoms with van der Waals surface area (Å²) in [4.78, 5) is 11.5. The molecule has 0 fully saturated rings. The molecule has 0 radical (unpaired) electrons. The zero-order chi connectivity index (χ0) is 12.7. The summed E-state index contributed by atoms with van der Waals surface area (Å²) in [6.07, 6.45) is 0. The van der Waals surface area contributed by atoms with Gasteiger partial charge >= 0.3 is 0 Å². The Labute approximate surface area is 101 Å². The number of hydrogen-bond donors (Lipinski definition) is 3. The van der Waals surface area contributed by atoms with E-state index in [9.17, 15) is 4.79 Å². The third-order valence-electron chi connectivity index (χ3n) is 2.32. The van der Waals surface area contributed by atoms with Crippen LogP contribution in [0, 0.1) is 0 Å². The molecule has 1 amide bonds. The zero-order valence-electron chi connectivity index (χ0n) is 9.85. The number of amides is 1. The van der Waals surface area contributed by atoms with Gasteiger partial charge in [-0.3, -0.25) is 4.79 Å². The van der Waals surface area contributed by atoms with Gasteiger partial charge in [-0.25, -0.2) is 0 Å². The predicted octanol–water partition coefficient (Wildman–Crippen LogP) is -0.231. The van der Waals surface area contributed by atoms with E-state index in [0.717, 1.165) is 11.1 Å². The van der Waals surface area contributed by atoms with Gasteiger partial charge in [-0.2, -0.15) is 0 Å². The largest absolute Gasteiger partial charge is 0.392 e. The van der Waals surface area contributed by atoms with E-state index in [1.807, 2.05) is 24.3 Å². The minimum Gasteiger partial charge on any atom is -0.392 e. The standard InChI is InChI=1S/C12H18N2O3/c1-17-8-11(13)12(16)14-6-9-3-2-4-10(5-9)7-15/h2-5,11,15H,6-8,13H2,1H3,(H,14,16). The third kappa shape index (κ3) is 4.52. The Balaban J connectivity index is 2.46. The van der Waals surface area contributed by atoms with Gasteiger partial charge in [0.2, 0.25) is 5.91 Å². The molecule has 17 heavy (non-hydrogen) atoms. The van der Waals surface area contributed by atoms with E-state index in [2.05, 4.69) is 5.32 Å². The van der Waals surface area contributed by atoms with E-state index in [4.69, 9.17) is 15.6 Å². The maximum absolute atomic E-state index is 11.5. The van der Waals surface area contributed by atoms with E-state index in [0.29, 0.717) is 6.54 Å². The molecule has 1 rings (SSSR count). The van der Waals surface area contributed by atoms with Gasteiger partial charge in [-0.1, -0.05) is 24.3 Å². The van der Waals surface area contributed by atoms with Crippen molar-refractivity contribution in [3.05, 3.63) is 35.4 Å². The van der Waals surface area contributed by atoms with Crippen molar-refractivity contribution < 1.29 is 14.6 Å². The fourth-order valence-corrected chi connectivity index (χ4v) is 1.41. The van der Waals surface area contributed by atoms with Gasteiger partial charge in [0.25, 0.3) is 0 Å². The normalized spacial score (nSPS) is 12.2. The van der Waals surface area contributed by atoms with E-state index in [1.165, 1.54) is 7.11 Å². The molecule has 5 nitrogen and oxygen atoms in total. The van der Waals surface area contributed by atoms with Crippen molar-refractivity contribution >= 4 is 5.91 Å². The minimum atomic E-state index is -0.652. The van der Waals surface area contributed by atoms with Crippen LogP contribution >= 0.6 is 0 Å². The molecule has 94 valence electrons. The van der Waals surface area contributed by atoms with Crippen molar-refractivity contribution in [2.24, 2.45) is 5.73 Å². The molecule has 5 heteroatoms. The average molecular weight is 238 g/mol. The zero-order valence-corrected chi connectivity index (χ0v) is 9.85. The lowest BCUT2D eigenvalue weighted by atomic mass is 10.1. The van der Waals surface area contributed by atoms with Crippen molar-refractivity contribution in [2.75, 3.05) is 13.7 Å². The van der Waals surface area contributed by atoms with Crippen LogP contribution in [0.1, 0.15) is 11.1 Å². The van der Waals surface area contributed by atoms with Gasteiger partial charge in [0, 0.05) is 13.7 Å². The molecule has 1 unspecified atom stereocenters. The maximum atomic E-state index is 11.5. The first-order valence-electron chi connectivity index (χ1n) is 5.38. The SMILES string of the molecule is COCC(N)C(=O)NCc1cccc(CO)c1. The fraction of sp³-hybridized carbons (Fsp3) is 0.417. The van der Waals surface area contributed by atoms with Crippen molar-refractivity contribution in [3.63, 3.8) is 0 Å². The summed E-state index contributed by atoms with van der Waals surface area (Å²) in [6, 6.07) is 6.72. The number of carbonyl (C=O) groups excluding carboxylic acids is 1. The van der Waals surface area contributed by atoms with Gasteiger partial charge in [-0.05, 0) is 11.1 Å². The Hall–Kier alpha value is -1.43. The fourth-order valence-electron chi connectivity index (χ4n) is 1.41. The molecule has 0 heterocycles. The lowest BCUT2D eigenvalue weighted by Crippen LogP contribution is -2.43. The molecular formula is C12H18N2O3. The molecule has 1 aromatic carbocycles. The van der Waals surface area contributed by atoms with Crippen LogP contribution in [0.15, 0.2) is 24.3 Å². The second kappa shape index (κ2) is 7.01. The van der Waals surface area contributed by atoms with Crippen molar-refractivity contribution in [2.45, 2.75) is 19.2 Å². The molecule has 0 aliphatic rings. The van der Waals surface area contributed by atoms with Crippen LogP contribution in [-0.4, -0.2) is 30.8 Å². The number of hydrogen-bond acceptors (Lipinski definition) is 4. The van der Waals surface area contributed by atoms with Crippen LogP contribution in [-0.2, 0) is 22.7 Å². The topological polar surface area (TPSA) is 84.6 Å². The van der Waals surface area contributed by atoms with Crippen molar-refractivity contribution in [3.8, 4) is 0 Å². The lowest BCUT2D eigenvalue weighted by Gasteiger charge is -2.11. The van der Waals surface area contributed by atoms with E-state index in [1.54, 1.807) is 0 Å². The molecule has 0 saturated carbocycles. The first-order chi connectivity index (χ1) is 8.17. The number of aliphatic hydroxyl groups excluding tert-OH is 1. The molecule has 1 aromatic rings. The van der Waals surface area contributed by atoms with E-state index < -0.39 is 6.04 Å². The molecule has 0 aromatic heterocycles. The smallest absolute Gasteiger partial charge is 0.239 e. The number of aliphatic hydroxyl groups is 1. The van der Waals surface area contributed by atoms with Crippen LogP contribution in [0.4, 0.5) is 0 Å². The number of carbonyl (C=O) groups is 1. The van der Waals surface area contributed by atoms with E-state index >= 15 is 0 Å². The van der Waals surface area contributed by atoms with Gasteiger partial charge in [0.1, 0.15) is 6.04 Å². The van der Waals surface area contributed by atoms with Crippen LogP contribution in [0.2, 0.25) is 0 Å². The first-order valence-corrected chi connectivity index (χ1v) is 5.38. The Morgan fingerprint density at radius 3 is 2.88 bits per heavy atom. The quantitative estimate of drug-likeness (QED) is 0.639. The lowest BCUT2D eigenvalue weighted by molar-refractivity contribution is -0.123. The average Bonchev–Trinajstić information content (AvgIpc) is 2.36. The molecule has 0 aliphatic heterocycles. The molecule has 0 bridgehead atoms. The Morgan fingerprint density at radius 2 is 2.24 bits per heavy atom. The highest BCUT2D eigenvalue weighted by Crippen LogP contribution is 2.04. The number of ether oxygens (including phenoxy) is 1. The third-order valence-corrected chi connectivity index (χ3v) is 2.32. The predicted molar refractivity (Wildman–Crippen MR) is 64.1 cm³/mol. The summed E-state index contributed by atoms with van der Waals surface area (Å²) in [5, 5.41) is 11.7. The highest BCUT2D eigenvalue weighted by atomic mass is 16.5. The highest BCUT2D eigenvalue weighted by molar-refractivity contribution is 5.81. The number of nitrogens with one attached hydrogen (secondary N) is 1. The summed E-state index contributed by atoms with van der Waals surface area (Å²) in [7, 11) is 1.50. The second-order valence-electron chi connectivity index (χ2n) is 3.76. The van der Waals surface area contributed by atoms with Gasteiger partial charge in [0.05, 0.1) is 13.2 Å². The maximum Gasteiger partial charge on any atom is 0.239 e. The van der Waals surface area contributed by atoms with Crippen LogP contribution in [0.25, 0.3) is 0 Å². The summed E-state index contributed by atoms with van der Waals surface area (Å²) in [5.41, 5.74) is 7.31. The second-order valence-corrected chi connectivity index (χ2v) is 3.76. The van der Waals surface area contributed by atoms with Gasteiger partial charge < -0.3 is 20.9 Å². The molecule has 4 N–H and O–H groups in total.